The third-order valence-electron chi connectivity index (χ3n) is 3.15. The molecule has 0 aliphatic carbocycles. The first-order valence-corrected chi connectivity index (χ1v) is 7.85. The summed E-state index contributed by atoms with van der Waals surface area (Å²) in [5.41, 5.74) is 10.1. The molecule has 2 rings (SSSR count). The predicted molar refractivity (Wildman–Crippen MR) is 86.7 cm³/mol. The zero-order valence-corrected chi connectivity index (χ0v) is 13.7. The van der Waals surface area contributed by atoms with E-state index in [4.69, 9.17) is 10.5 Å². The van der Waals surface area contributed by atoms with Crippen LogP contribution >= 0.6 is 11.8 Å². The van der Waals surface area contributed by atoms with Gasteiger partial charge >= 0.3 is 0 Å². The van der Waals surface area contributed by atoms with Gasteiger partial charge in [-0.2, -0.15) is 0 Å². The Bertz CT molecular complexity index is 609. The smallest absolute Gasteiger partial charge is 0.188 e. The van der Waals surface area contributed by atoms with Crippen molar-refractivity contribution in [1.82, 2.24) is 9.97 Å². The minimum Gasteiger partial charge on any atom is -0.496 e. The predicted octanol–water partition coefficient (Wildman–Crippen LogP) is 3.41. The van der Waals surface area contributed by atoms with E-state index in [1.54, 1.807) is 18.9 Å². The molecule has 0 saturated heterocycles. The molecule has 4 nitrogen and oxygen atoms in total. The van der Waals surface area contributed by atoms with E-state index in [1.165, 1.54) is 0 Å². The molecule has 0 saturated carbocycles. The van der Waals surface area contributed by atoms with Crippen LogP contribution in [0, 0.1) is 13.8 Å². The third kappa shape index (κ3) is 4.19. The van der Waals surface area contributed by atoms with E-state index in [-0.39, 0.29) is 6.04 Å². The van der Waals surface area contributed by atoms with Crippen LogP contribution in [-0.4, -0.2) is 17.1 Å². The molecule has 0 aliphatic rings. The SMILES string of the molecule is COc1ccc(C(C)N)cc1CSc1nc(C)cc(C)n1. The van der Waals surface area contributed by atoms with Crippen molar-refractivity contribution in [2.24, 2.45) is 5.73 Å². The van der Waals surface area contributed by atoms with Crippen LogP contribution in [0.3, 0.4) is 0 Å². The Kier molecular flexibility index (Phi) is 5.20. The summed E-state index contributed by atoms with van der Waals surface area (Å²) in [4.78, 5) is 8.90. The Hall–Kier alpha value is -1.59. The molecule has 0 fully saturated rings. The van der Waals surface area contributed by atoms with E-state index in [0.717, 1.165) is 39.2 Å². The van der Waals surface area contributed by atoms with Crippen LogP contribution in [0.15, 0.2) is 29.4 Å². The molecule has 112 valence electrons. The fourth-order valence-corrected chi connectivity index (χ4v) is 3.02. The Morgan fingerprint density at radius 1 is 1.19 bits per heavy atom. The number of nitrogens with zero attached hydrogens (tertiary/aromatic N) is 2. The van der Waals surface area contributed by atoms with Crippen molar-refractivity contribution in [3.05, 3.63) is 46.8 Å². The third-order valence-corrected chi connectivity index (χ3v) is 4.04. The molecule has 2 aromatic rings. The average molecular weight is 303 g/mol. The number of methoxy groups -OCH3 is 1. The Morgan fingerprint density at radius 2 is 1.86 bits per heavy atom. The van der Waals surface area contributed by atoms with E-state index in [1.807, 2.05) is 39.0 Å². The van der Waals surface area contributed by atoms with E-state index < -0.39 is 0 Å². The number of aryl methyl sites for hydroxylation is 2. The minimum absolute atomic E-state index is 0.0112. The molecule has 0 aliphatic heterocycles. The van der Waals surface area contributed by atoms with Crippen LogP contribution in [-0.2, 0) is 5.75 Å². The first-order valence-electron chi connectivity index (χ1n) is 6.87. The quantitative estimate of drug-likeness (QED) is 0.677. The van der Waals surface area contributed by atoms with Crippen LogP contribution in [0.4, 0.5) is 0 Å². The molecule has 0 amide bonds. The van der Waals surface area contributed by atoms with Crippen molar-refractivity contribution in [3.8, 4) is 5.75 Å². The first-order chi connectivity index (χ1) is 9.99. The van der Waals surface area contributed by atoms with Crippen LogP contribution < -0.4 is 10.5 Å². The largest absolute Gasteiger partial charge is 0.496 e. The minimum atomic E-state index is 0.0112. The topological polar surface area (TPSA) is 61.0 Å². The maximum atomic E-state index is 5.95. The van der Waals surface area contributed by atoms with Crippen molar-refractivity contribution >= 4 is 11.8 Å². The van der Waals surface area contributed by atoms with Crippen molar-refractivity contribution in [2.75, 3.05) is 7.11 Å². The fraction of sp³-hybridized carbons (Fsp3) is 0.375. The van der Waals surface area contributed by atoms with Crippen molar-refractivity contribution in [1.29, 1.82) is 0 Å². The number of thioether (sulfide) groups is 1. The molecule has 21 heavy (non-hydrogen) atoms. The second-order valence-electron chi connectivity index (χ2n) is 5.08. The number of benzene rings is 1. The van der Waals surface area contributed by atoms with Gasteiger partial charge in [-0.05, 0) is 44.5 Å². The average Bonchev–Trinajstić information content (AvgIpc) is 2.43. The molecule has 0 spiro atoms. The highest BCUT2D eigenvalue weighted by Gasteiger charge is 2.09. The zero-order chi connectivity index (χ0) is 15.4. The highest BCUT2D eigenvalue weighted by atomic mass is 32.2. The van der Waals surface area contributed by atoms with Gasteiger partial charge in [0.25, 0.3) is 0 Å². The van der Waals surface area contributed by atoms with Gasteiger partial charge in [0.15, 0.2) is 5.16 Å². The normalized spacial score (nSPS) is 12.2. The maximum absolute atomic E-state index is 5.95. The van der Waals surface area contributed by atoms with Gasteiger partial charge in [-0.1, -0.05) is 17.8 Å². The van der Waals surface area contributed by atoms with E-state index in [2.05, 4.69) is 16.0 Å². The van der Waals surface area contributed by atoms with Gasteiger partial charge in [-0.25, -0.2) is 9.97 Å². The molecule has 0 radical (unpaired) electrons. The number of aromatic nitrogens is 2. The number of hydrogen-bond acceptors (Lipinski definition) is 5. The molecule has 0 bridgehead atoms. The molecule has 5 heteroatoms. The molecular formula is C16H21N3OS. The summed E-state index contributed by atoms with van der Waals surface area (Å²) in [6.07, 6.45) is 0. The van der Waals surface area contributed by atoms with Crippen molar-refractivity contribution in [2.45, 2.75) is 37.7 Å². The van der Waals surface area contributed by atoms with Crippen LogP contribution in [0.2, 0.25) is 0 Å². The second-order valence-corrected chi connectivity index (χ2v) is 6.02. The Balaban J connectivity index is 2.20. The van der Waals surface area contributed by atoms with Crippen molar-refractivity contribution in [3.63, 3.8) is 0 Å². The summed E-state index contributed by atoms with van der Waals surface area (Å²) < 4.78 is 5.42. The number of rotatable bonds is 5. The molecule has 2 N–H and O–H groups in total. The van der Waals surface area contributed by atoms with Crippen LogP contribution in [0.1, 0.15) is 35.5 Å². The monoisotopic (exact) mass is 303 g/mol. The Morgan fingerprint density at radius 3 is 2.43 bits per heavy atom. The number of nitrogens with two attached hydrogens (primary N) is 1. The summed E-state index contributed by atoms with van der Waals surface area (Å²) in [6, 6.07) is 8.06. The van der Waals surface area contributed by atoms with Crippen LogP contribution in [0.5, 0.6) is 5.75 Å². The van der Waals surface area contributed by atoms with Gasteiger partial charge in [0.2, 0.25) is 0 Å². The molecule has 1 unspecified atom stereocenters. The molecule has 1 aromatic carbocycles. The van der Waals surface area contributed by atoms with Gasteiger partial charge in [0.05, 0.1) is 7.11 Å². The molecular weight excluding hydrogens is 282 g/mol. The zero-order valence-electron chi connectivity index (χ0n) is 12.9. The number of hydrogen-bond donors (Lipinski definition) is 1. The molecule has 1 heterocycles. The second kappa shape index (κ2) is 6.91. The molecule has 1 atom stereocenters. The maximum Gasteiger partial charge on any atom is 0.188 e. The lowest BCUT2D eigenvalue weighted by atomic mass is 10.1. The van der Waals surface area contributed by atoms with E-state index in [9.17, 15) is 0 Å². The summed E-state index contributed by atoms with van der Waals surface area (Å²) in [5, 5.41) is 0.792. The van der Waals surface area contributed by atoms with Crippen molar-refractivity contribution < 1.29 is 4.74 Å². The lowest BCUT2D eigenvalue weighted by Crippen LogP contribution is -2.05. The highest BCUT2D eigenvalue weighted by Crippen LogP contribution is 2.28. The lowest BCUT2D eigenvalue weighted by Gasteiger charge is -2.12. The van der Waals surface area contributed by atoms with E-state index in [0.29, 0.717) is 0 Å². The summed E-state index contributed by atoms with van der Waals surface area (Å²) >= 11 is 1.61. The summed E-state index contributed by atoms with van der Waals surface area (Å²) in [6.45, 7) is 5.94. The van der Waals surface area contributed by atoms with Gasteiger partial charge in [0, 0.05) is 28.7 Å². The summed E-state index contributed by atoms with van der Waals surface area (Å²) in [5.74, 6) is 1.63. The lowest BCUT2D eigenvalue weighted by molar-refractivity contribution is 0.411. The standard InChI is InChI=1S/C16H21N3OS/c1-10-7-11(2)19-16(18-10)21-9-14-8-13(12(3)17)5-6-15(14)20-4/h5-8,12H,9,17H2,1-4H3. The summed E-state index contributed by atoms with van der Waals surface area (Å²) in [7, 11) is 1.68. The fourth-order valence-electron chi connectivity index (χ4n) is 2.09. The number of ether oxygens (including phenoxy) is 1. The highest BCUT2D eigenvalue weighted by molar-refractivity contribution is 7.98. The van der Waals surface area contributed by atoms with Gasteiger partial charge in [-0.3, -0.25) is 0 Å². The van der Waals surface area contributed by atoms with Gasteiger partial charge < -0.3 is 10.5 Å². The van der Waals surface area contributed by atoms with E-state index >= 15 is 0 Å². The van der Waals surface area contributed by atoms with Crippen LogP contribution in [0.25, 0.3) is 0 Å². The van der Waals surface area contributed by atoms with Gasteiger partial charge in [-0.15, -0.1) is 0 Å². The Labute approximate surface area is 130 Å². The first kappa shape index (κ1) is 15.8. The van der Waals surface area contributed by atoms with Gasteiger partial charge in [0.1, 0.15) is 5.75 Å². The molecule has 1 aromatic heterocycles.